The van der Waals surface area contributed by atoms with E-state index in [0.29, 0.717) is 5.69 Å². The van der Waals surface area contributed by atoms with Crippen molar-refractivity contribution in [1.29, 1.82) is 0 Å². The van der Waals surface area contributed by atoms with Crippen molar-refractivity contribution in [3.63, 3.8) is 0 Å². The van der Waals surface area contributed by atoms with Crippen LogP contribution >= 0.6 is 0 Å². The van der Waals surface area contributed by atoms with Crippen LogP contribution in [-0.2, 0) is 0 Å². The van der Waals surface area contributed by atoms with Crippen molar-refractivity contribution in [3.8, 4) is 0 Å². The number of benzene rings is 1. The van der Waals surface area contributed by atoms with Gasteiger partial charge in [0.05, 0.1) is 5.69 Å². The minimum atomic E-state index is -0.986. The van der Waals surface area contributed by atoms with Crippen LogP contribution in [0.25, 0.3) is 0 Å². The summed E-state index contributed by atoms with van der Waals surface area (Å²) in [5.41, 5.74) is 4.69. The SMILES string of the molecule is Cc1cc(Nc2cccc(C)c2C)c(C(=O)O)cn1. The Balaban J connectivity index is 2.45. The number of hydrogen-bond acceptors (Lipinski definition) is 3. The summed E-state index contributed by atoms with van der Waals surface area (Å²) in [7, 11) is 0. The second-order valence-electron chi connectivity index (χ2n) is 4.55. The summed E-state index contributed by atoms with van der Waals surface area (Å²) < 4.78 is 0. The molecule has 4 heteroatoms. The van der Waals surface area contributed by atoms with Crippen molar-refractivity contribution in [2.45, 2.75) is 20.8 Å². The number of anilines is 2. The first-order valence-corrected chi connectivity index (χ1v) is 6.02. The highest BCUT2D eigenvalue weighted by Gasteiger charge is 2.12. The highest BCUT2D eigenvalue weighted by atomic mass is 16.4. The van der Waals surface area contributed by atoms with Crippen molar-refractivity contribution < 1.29 is 9.90 Å². The summed E-state index contributed by atoms with van der Waals surface area (Å²) in [5.74, 6) is -0.986. The maximum atomic E-state index is 11.2. The second kappa shape index (κ2) is 5.10. The summed E-state index contributed by atoms with van der Waals surface area (Å²) in [6.45, 7) is 5.86. The highest BCUT2D eigenvalue weighted by Crippen LogP contribution is 2.25. The number of carbonyl (C=O) groups is 1. The van der Waals surface area contributed by atoms with Gasteiger partial charge in [-0.15, -0.1) is 0 Å². The first-order valence-electron chi connectivity index (χ1n) is 6.02. The van der Waals surface area contributed by atoms with E-state index in [4.69, 9.17) is 0 Å². The van der Waals surface area contributed by atoms with Crippen LogP contribution in [0.2, 0.25) is 0 Å². The molecule has 1 aromatic heterocycles. The van der Waals surface area contributed by atoms with Crippen LogP contribution in [0.1, 0.15) is 27.2 Å². The molecule has 19 heavy (non-hydrogen) atoms. The molecule has 0 saturated heterocycles. The van der Waals surface area contributed by atoms with Crippen LogP contribution in [0.15, 0.2) is 30.5 Å². The molecular formula is C15H16N2O2. The molecule has 0 aliphatic carbocycles. The van der Waals surface area contributed by atoms with Gasteiger partial charge in [-0.25, -0.2) is 4.79 Å². The van der Waals surface area contributed by atoms with Crippen LogP contribution in [0.5, 0.6) is 0 Å². The third kappa shape index (κ3) is 2.73. The van der Waals surface area contributed by atoms with E-state index in [-0.39, 0.29) is 5.56 Å². The van der Waals surface area contributed by atoms with Crippen LogP contribution in [-0.4, -0.2) is 16.1 Å². The van der Waals surface area contributed by atoms with E-state index in [1.807, 2.05) is 39.0 Å². The Labute approximate surface area is 112 Å². The van der Waals surface area contributed by atoms with Gasteiger partial charge < -0.3 is 10.4 Å². The number of aromatic carboxylic acids is 1. The number of carboxylic acids is 1. The van der Waals surface area contributed by atoms with Gasteiger partial charge in [0.25, 0.3) is 0 Å². The Morgan fingerprint density at radius 2 is 1.95 bits per heavy atom. The van der Waals surface area contributed by atoms with Gasteiger partial charge >= 0.3 is 5.97 Å². The van der Waals surface area contributed by atoms with Gasteiger partial charge in [-0.2, -0.15) is 0 Å². The lowest BCUT2D eigenvalue weighted by Crippen LogP contribution is -2.05. The predicted molar refractivity (Wildman–Crippen MR) is 75.1 cm³/mol. The van der Waals surface area contributed by atoms with Crippen LogP contribution < -0.4 is 5.32 Å². The minimum Gasteiger partial charge on any atom is -0.478 e. The maximum Gasteiger partial charge on any atom is 0.339 e. The first-order chi connectivity index (χ1) is 8.99. The number of carboxylic acid groups (broad SMARTS) is 1. The molecule has 0 aliphatic heterocycles. The van der Waals surface area contributed by atoms with E-state index < -0.39 is 5.97 Å². The maximum absolute atomic E-state index is 11.2. The smallest absolute Gasteiger partial charge is 0.339 e. The van der Waals surface area contributed by atoms with Crippen molar-refractivity contribution in [1.82, 2.24) is 4.98 Å². The molecule has 0 bridgehead atoms. The Bertz CT molecular complexity index is 636. The molecular weight excluding hydrogens is 240 g/mol. The van der Waals surface area contributed by atoms with Crippen molar-refractivity contribution in [2.24, 2.45) is 0 Å². The van der Waals surface area contributed by atoms with Gasteiger partial charge in [0.1, 0.15) is 5.56 Å². The number of nitrogens with one attached hydrogen (secondary N) is 1. The molecule has 0 radical (unpaired) electrons. The summed E-state index contributed by atoms with van der Waals surface area (Å²) >= 11 is 0. The summed E-state index contributed by atoms with van der Waals surface area (Å²) in [5, 5.41) is 12.4. The Kier molecular flexibility index (Phi) is 3.51. The lowest BCUT2D eigenvalue weighted by atomic mass is 10.1. The molecule has 0 unspecified atom stereocenters. The molecule has 0 saturated carbocycles. The molecule has 0 atom stereocenters. The Morgan fingerprint density at radius 3 is 2.63 bits per heavy atom. The molecule has 0 aliphatic rings. The Morgan fingerprint density at radius 1 is 1.21 bits per heavy atom. The third-order valence-corrected chi connectivity index (χ3v) is 3.15. The number of rotatable bonds is 3. The third-order valence-electron chi connectivity index (χ3n) is 3.15. The van der Waals surface area contributed by atoms with E-state index in [1.54, 1.807) is 6.07 Å². The summed E-state index contributed by atoms with van der Waals surface area (Å²) in [6, 6.07) is 7.64. The summed E-state index contributed by atoms with van der Waals surface area (Å²) in [6.07, 6.45) is 1.38. The molecule has 2 N–H and O–H groups in total. The van der Waals surface area contributed by atoms with E-state index in [1.165, 1.54) is 6.20 Å². The molecule has 1 heterocycles. The Hall–Kier alpha value is -2.36. The fourth-order valence-corrected chi connectivity index (χ4v) is 1.87. The van der Waals surface area contributed by atoms with Crippen LogP contribution in [0.4, 0.5) is 11.4 Å². The van der Waals surface area contributed by atoms with Gasteiger partial charge in [0.15, 0.2) is 0 Å². The van der Waals surface area contributed by atoms with Crippen LogP contribution in [0, 0.1) is 20.8 Å². The van der Waals surface area contributed by atoms with Crippen molar-refractivity contribution >= 4 is 17.3 Å². The van der Waals surface area contributed by atoms with E-state index in [9.17, 15) is 9.90 Å². The lowest BCUT2D eigenvalue weighted by molar-refractivity contribution is 0.0697. The number of aromatic nitrogens is 1. The molecule has 98 valence electrons. The molecule has 2 aromatic rings. The topological polar surface area (TPSA) is 62.2 Å². The average molecular weight is 256 g/mol. The predicted octanol–water partition coefficient (Wildman–Crippen LogP) is 3.45. The molecule has 1 aromatic carbocycles. The van der Waals surface area contributed by atoms with Crippen molar-refractivity contribution in [3.05, 3.63) is 52.8 Å². The molecule has 4 nitrogen and oxygen atoms in total. The fourth-order valence-electron chi connectivity index (χ4n) is 1.87. The minimum absolute atomic E-state index is 0.173. The van der Waals surface area contributed by atoms with Gasteiger partial charge in [-0.3, -0.25) is 4.98 Å². The lowest BCUT2D eigenvalue weighted by Gasteiger charge is -2.13. The average Bonchev–Trinajstić information content (AvgIpc) is 2.35. The number of aryl methyl sites for hydroxylation is 2. The van der Waals surface area contributed by atoms with Gasteiger partial charge in [-0.05, 0) is 44.0 Å². The van der Waals surface area contributed by atoms with Crippen LogP contribution in [0.3, 0.4) is 0 Å². The normalized spacial score (nSPS) is 10.3. The van der Waals surface area contributed by atoms with Gasteiger partial charge in [0, 0.05) is 17.6 Å². The highest BCUT2D eigenvalue weighted by molar-refractivity contribution is 5.95. The van der Waals surface area contributed by atoms with Gasteiger partial charge in [-0.1, -0.05) is 12.1 Å². The fraction of sp³-hybridized carbons (Fsp3) is 0.200. The van der Waals surface area contributed by atoms with Crippen molar-refractivity contribution in [2.75, 3.05) is 5.32 Å². The zero-order chi connectivity index (χ0) is 14.0. The standard InChI is InChI=1S/C15H16N2O2/c1-9-5-4-6-13(11(9)3)17-14-7-10(2)16-8-12(14)15(18)19/h4-8H,1-3H3,(H,16,17)(H,18,19). The monoisotopic (exact) mass is 256 g/mol. The molecule has 0 fully saturated rings. The van der Waals surface area contributed by atoms with Gasteiger partial charge in [0.2, 0.25) is 0 Å². The zero-order valence-electron chi connectivity index (χ0n) is 11.2. The molecule has 0 spiro atoms. The number of nitrogens with zero attached hydrogens (tertiary/aromatic N) is 1. The zero-order valence-corrected chi connectivity index (χ0v) is 11.2. The number of pyridine rings is 1. The number of hydrogen-bond donors (Lipinski definition) is 2. The first kappa shape index (κ1) is 13.1. The quantitative estimate of drug-likeness (QED) is 0.883. The van der Waals surface area contributed by atoms with E-state index in [0.717, 1.165) is 22.5 Å². The second-order valence-corrected chi connectivity index (χ2v) is 4.55. The molecule has 2 rings (SSSR count). The largest absolute Gasteiger partial charge is 0.478 e. The molecule has 0 amide bonds. The summed E-state index contributed by atoms with van der Waals surface area (Å²) in [4.78, 5) is 15.2. The van der Waals surface area contributed by atoms with E-state index in [2.05, 4.69) is 10.3 Å². The van der Waals surface area contributed by atoms with E-state index >= 15 is 0 Å².